The average Bonchev–Trinajstić information content (AvgIpc) is 2.48. The van der Waals surface area contributed by atoms with Crippen molar-refractivity contribution in [1.29, 1.82) is 0 Å². The molecule has 0 fully saturated rings. The molecule has 0 saturated carbocycles. The van der Waals surface area contributed by atoms with Crippen LogP contribution in [-0.2, 0) is 9.53 Å². The molecule has 5 heteroatoms. The fourth-order valence-electron chi connectivity index (χ4n) is 1.59. The molecule has 0 amide bonds. The molecule has 0 aliphatic rings. The van der Waals surface area contributed by atoms with Crippen molar-refractivity contribution in [2.45, 2.75) is 6.92 Å². The van der Waals surface area contributed by atoms with Gasteiger partial charge in [-0.1, -0.05) is 17.7 Å². The fourth-order valence-corrected chi connectivity index (χ4v) is 1.59. The Balaban J connectivity index is 1.84. The quantitative estimate of drug-likeness (QED) is 0.530. The Labute approximate surface area is 122 Å². The number of nitrogen functional groups attached to an aromatic ring is 1. The molecule has 5 nitrogen and oxygen atoms in total. The van der Waals surface area contributed by atoms with Crippen molar-refractivity contribution in [3.8, 4) is 5.75 Å². The van der Waals surface area contributed by atoms with E-state index >= 15 is 0 Å². The number of esters is 2. The van der Waals surface area contributed by atoms with Gasteiger partial charge in [-0.15, -0.1) is 0 Å². The highest BCUT2D eigenvalue weighted by Gasteiger charge is 2.11. The van der Waals surface area contributed by atoms with Crippen LogP contribution in [0.2, 0.25) is 0 Å². The first-order valence-corrected chi connectivity index (χ1v) is 6.34. The molecule has 2 aromatic carbocycles. The summed E-state index contributed by atoms with van der Waals surface area (Å²) in [7, 11) is 0. The summed E-state index contributed by atoms with van der Waals surface area (Å²) >= 11 is 0. The topological polar surface area (TPSA) is 78.6 Å². The first kappa shape index (κ1) is 14.6. The van der Waals surface area contributed by atoms with Crippen LogP contribution in [0.1, 0.15) is 15.9 Å². The van der Waals surface area contributed by atoms with Crippen LogP contribution in [-0.4, -0.2) is 18.5 Å². The highest BCUT2D eigenvalue weighted by Crippen LogP contribution is 2.12. The molecule has 0 atom stereocenters. The molecule has 0 radical (unpaired) electrons. The maximum atomic E-state index is 11.7. The molecule has 2 N–H and O–H groups in total. The molecule has 0 aliphatic heterocycles. The highest BCUT2D eigenvalue weighted by atomic mass is 16.6. The van der Waals surface area contributed by atoms with Crippen LogP contribution in [0.3, 0.4) is 0 Å². The van der Waals surface area contributed by atoms with Gasteiger partial charge in [-0.25, -0.2) is 9.59 Å². The van der Waals surface area contributed by atoms with Crippen LogP contribution in [0.25, 0.3) is 0 Å². The van der Waals surface area contributed by atoms with Crippen LogP contribution < -0.4 is 10.5 Å². The van der Waals surface area contributed by atoms with Crippen molar-refractivity contribution in [3.05, 3.63) is 59.7 Å². The molecule has 0 aromatic heterocycles. The van der Waals surface area contributed by atoms with Gasteiger partial charge >= 0.3 is 11.9 Å². The zero-order valence-electron chi connectivity index (χ0n) is 11.5. The Bertz CT molecular complexity index is 632. The number of anilines is 1. The maximum absolute atomic E-state index is 11.7. The smallest absolute Gasteiger partial charge is 0.349 e. The lowest BCUT2D eigenvalue weighted by molar-refractivity contribution is -0.137. The van der Waals surface area contributed by atoms with Crippen molar-refractivity contribution in [1.82, 2.24) is 0 Å². The van der Waals surface area contributed by atoms with Gasteiger partial charge in [-0.2, -0.15) is 0 Å². The van der Waals surface area contributed by atoms with E-state index < -0.39 is 18.5 Å². The molecule has 0 heterocycles. The Morgan fingerprint density at radius 1 is 1.00 bits per heavy atom. The van der Waals surface area contributed by atoms with E-state index in [1.165, 1.54) is 12.1 Å². The largest absolute Gasteiger partial charge is 0.450 e. The number of rotatable bonds is 4. The normalized spacial score (nSPS) is 9.95. The van der Waals surface area contributed by atoms with Gasteiger partial charge in [0.15, 0.2) is 6.61 Å². The second kappa shape index (κ2) is 6.56. The lowest BCUT2D eigenvalue weighted by atomic mass is 10.2. The fraction of sp³-hybridized carbons (Fsp3) is 0.125. The van der Waals surface area contributed by atoms with Gasteiger partial charge in [-0.3, -0.25) is 0 Å². The molecule has 0 bridgehead atoms. The number of hydrogen-bond acceptors (Lipinski definition) is 5. The summed E-state index contributed by atoms with van der Waals surface area (Å²) in [6.07, 6.45) is 0. The zero-order valence-corrected chi connectivity index (χ0v) is 11.5. The Morgan fingerprint density at radius 3 is 2.24 bits per heavy atom. The number of ether oxygens (including phenoxy) is 2. The van der Waals surface area contributed by atoms with Crippen molar-refractivity contribution < 1.29 is 19.1 Å². The van der Waals surface area contributed by atoms with Gasteiger partial charge in [0.05, 0.1) is 5.56 Å². The Kier molecular flexibility index (Phi) is 4.56. The summed E-state index contributed by atoms with van der Waals surface area (Å²) in [6.45, 7) is 1.48. The van der Waals surface area contributed by atoms with Crippen molar-refractivity contribution in [2.24, 2.45) is 0 Å². The summed E-state index contributed by atoms with van der Waals surface area (Å²) in [5, 5.41) is 0. The summed E-state index contributed by atoms with van der Waals surface area (Å²) < 4.78 is 9.91. The molecule has 2 rings (SSSR count). The molecule has 21 heavy (non-hydrogen) atoms. The van der Waals surface area contributed by atoms with Gasteiger partial charge in [0.1, 0.15) is 5.75 Å². The van der Waals surface area contributed by atoms with Crippen LogP contribution in [0.15, 0.2) is 48.5 Å². The van der Waals surface area contributed by atoms with E-state index in [0.29, 0.717) is 17.0 Å². The summed E-state index contributed by atoms with van der Waals surface area (Å²) in [4.78, 5) is 23.3. The van der Waals surface area contributed by atoms with Gasteiger partial charge in [-0.05, 0) is 43.3 Å². The van der Waals surface area contributed by atoms with E-state index in [2.05, 4.69) is 0 Å². The minimum Gasteiger partial charge on any atom is -0.450 e. The molecule has 0 unspecified atom stereocenters. The molecule has 0 spiro atoms. The SMILES string of the molecule is Cc1ccc(OC(=O)COC(=O)c2ccc(N)cc2)cc1. The third-order valence-electron chi connectivity index (χ3n) is 2.72. The van der Waals surface area contributed by atoms with E-state index in [-0.39, 0.29) is 0 Å². The van der Waals surface area contributed by atoms with E-state index in [1.54, 1.807) is 24.3 Å². The van der Waals surface area contributed by atoms with Crippen LogP contribution >= 0.6 is 0 Å². The molecule has 0 aliphatic carbocycles. The molecule has 108 valence electrons. The number of carbonyl (C=O) groups excluding carboxylic acids is 2. The van der Waals surface area contributed by atoms with Crippen molar-refractivity contribution in [3.63, 3.8) is 0 Å². The number of nitrogens with two attached hydrogens (primary N) is 1. The molecular weight excluding hydrogens is 270 g/mol. The summed E-state index contributed by atoms with van der Waals surface area (Å²) in [5.74, 6) is -0.826. The lowest BCUT2D eigenvalue weighted by Gasteiger charge is -2.06. The van der Waals surface area contributed by atoms with Crippen LogP contribution in [0, 0.1) is 6.92 Å². The minimum atomic E-state index is -0.636. The van der Waals surface area contributed by atoms with Crippen LogP contribution in [0.5, 0.6) is 5.75 Å². The number of aryl methyl sites for hydroxylation is 1. The second-order valence-corrected chi connectivity index (χ2v) is 4.49. The predicted octanol–water partition coefficient (Wildman–Crippen LogP) is 2.34. The number of benzene rings is 2. The summed E-state index contributed by atoms with van der Waals surface area (Å²) in [6, 6.07) is 13.2. The minimum absolute atomic E-state index is 0.326. The van der Waals surface area contributed by atoms with Gasteiger partial charge in [0.25, 0.3) is 0 Å². The maximum Gasteiger partial charge on any atom is 0.349 e. The number of hydrogen-bond donors (Lipinski definition) is 1. The Hall–Kier alpha value is -2.82. The van der Waals surface area contributed by atoms with Gasteiger partial charge < -0.3 is 15.2 Å². The third-order valence-corrected chi connectivity index (χ3v) is 2.72. The number of carbonyl (C=O) groups is 2. The van der Waals surface area contributed by atoms with Crippen molar-refractivity contribution in [2.75, 3.05) is 12.3 Å². The first-order chi connectivity index (χ1) is 10.0. The molecule has 2 aromatic rings. The monoisotopic (exact) mass is 285 g/mol. The standard InChI is InChI=1S/C16H15NO4/c1-11-2-8-14(9-3-11)21-15(18)10-20-16(19)12-4-6-13(17)7-5-12/h2-9H,10,17H2,1H3. The molecule has 0 saturated heterocycles. The lowest BCUT2D eigenvalue weighted by Crippen LogP contribution is -2.18. The zero-order chi connectivity index (χ0) is 15.2. The van der Waals surface area contributed by atoms with Gasteiger partial charge in [0.2, 0.25) is 0 Å². The van der Waals surface area contributed by atoms with E-state index in [0.717, 1.165) is 5.56 Å². The van der Waals surface area contributed by atoms with Crippen LogP contribution in [0.4, 0.5) is 5.69 Å². The van der Waals surface area contributed by atoms with Crippen molar-refractivity contribution >= 4 is 17.6 Å². The van der Waals surface area contributed by atoms with E-state index in [4.69, 9.17) is 15.2 Å². The van der Waals surface area contributed by atoms with Gasteiger partial charge in [0, 0.05) is 5.69 Å². The van der Waals surface area contributed by atoms with E-state index in [9.17, 15) is 9.59 Å². The average molecular weight is 285 g/mol. The molecular formula is C16H15NO4. The highest BCUT2D eigenvalue weighted by molar-refractivity contribution is 5.91. The van der Waals surface area contributed by atoms with E-state index in [1.807, 2.05) is 19.1 Å². The third kappa shape index (κ3) is 4.35. The summed E-state index contributed by atoms with van der Waals surface area (Å²) in [5.41, 5.74) is 7.45. The second-order valence-electron chi connectivity index (χ2n) is 4.49. The first-order valence-electron chi connectivity index (χ1n) is 6.34. The Morgan fingerprint density at radius 2 is 1.62 bits per heavy atom. The predicted molar refractivity (Wildman–Crippen MR) is 78.0 cm³/mol.